The number of nitrogens with two attached hydrogens (primary N) is 1. The molecule has 1 fully saturated rings. The van der Waals surface area contributed by atoms with Gasteiger partial charge in [-0.1, -0.05) is 165 Å². The fourth-order valence-corrected chi connectivity index (χ4v) is 9.49. The predicted octanol–water partition coefficient (Wildman–Crippen LogP) is 9.55. The van der Waals surface area contributed by atoms with Gasteiger partial charge in [0.15, 0.2) is 12.3 Å². The van der Waals surface area contributed by atoms with Crippen molar-refractivity contribution in [2.24, 2.45) is 5.92 Å². The number of carbonyl (C=O) groups excluding carboxylic acids is 2. The van der Waals surface area contributed by atoms with Gasteiger partial charge in [0.1, 0.15) is 30.7 Å². The number of nitrogens with zero attached hydrogens (tertiary/aromatic N) is 2. The highest BCUT2D eigenvalue weighted by Gasteiger charge is 2.46. The Kier molecular flexibility index (Phi) is 34.1. The van der Waals surface area contributed by atoms with Crippen molar-refractivity contribution in [3.63, 3.8) is 0 Å². The molecule has 8 atom stereocenters. The van der Waals surface area contributed by atoms with Crippen molar-refractivity contribution in [2.75, 3.05) is 25.6 Å². The summed E-state index contributed by atoms with van der Waals surface area (Å²) in [7, 11) is -10.9. The third-order valence-electron chi connectivity index (χ3n) is 11.4. The van der Waals surface area contributed by atoms with Crippen LogP contribution in [0.5, 0.6) is 0 Å². The van der Waals surface area contributed by atoms with Crippen LogP contribution in [0.25, 0.3) is 0 Å². The summed E-state index contributed by atoms with van der Waals surface area (Å²) < 4.78 is 56.7. The number of carbonyl (C=O) groups is 2. The van der Waals surface area contributed by atoms with E-state index < -0.39 is 89.8 Å². The third-order valence-corrected chi connectivity index (χ3v) is 14.0. The summed E-state index contributed by atoms with van der Waals surface area (Å²) in [6, 6.07) is 1.24. The zero-order valence-electron chi connectivity index (χ0n) is 42.7. The minimum Gasteiger partial charge on any atom is -0.462 e. The van der Waals surface area contributed by atoms with Crippen LogP contribution in [0, 0.1) is 5.92 Å². The summed E-state index contributed by atoms with van der Waals surface area (Å²) in [5, 5.41) is 30.7. The lowest BCUT2D eigenvalue weighted by atomic mass is 10.0. The molecule has 2 rings (SSSR count). The highest BCUT2D eigenvalue weighted by atomic mass is 31.3. The van der Waals surface area contributed by atoms with Crippen LogP contribution in [0.15, 0.2) is 77.8 Å². The zero-order chi connectivity index (χ0) is 53.0. The van der Waals surface area contributed by atoms with E-state index >= 15 is 0 Å². The van der Waals surface area contributed by atoms with Gasteiger partial charge < -0.3 is 45.1 Å². The second kappa shape index (κ2) is 38.0. The molecule has 1 aromatic heterocycles. The molecule has 0 amide bonds. The Balaban J connectivity index is 1.83. The van der Waals surface area contributed by atoms with Crippen molar-refractivity contribution in [2.45, 2.75) is 199 Å². The summed E-state index contributed by atoms with van der Waals surface area (Å²) in [6.07, 6.45) is 32.3. The molecule has 1 aromatic rings. The number of esters is 2. The van der Waals surface area contributed by atoms with Crippen LogP contribution < -0.4 is 11.4 Å². The first-order valence-electron chi connectivity index (χ1n) is 25.8. The van der Waals surface area contributed by atoms with Gasteiger partial charge in [-0.25, -0.2) is 13.9 Å². The van der Waals surface area contributed by atoms with Crippen molar-refractivity contribution in [1.82, 2.24) is 9.55 Å². The van der Waals surface area contributed by atoms with Gasteiger partial charge >= 0.3 is 33.3 Å². The smallest absolute Gasteiger partial charge is 0.462 e. The Hall–Kier alpha value is -3.58. The van der Waals surface area contributed by atoms with Crippen molar-refractivity contribution in [3.8, 4) is 0 Å². The van der Waals surface area contributed by atoms with Crippen LogP contribution in [0.3, 0.4) is 0 Å². The number of allylic oxidation sites excluding steroid dienone is 8. The average molecular weight is 1060 g/mol. The van der Waals surface area contributed by atoms with Crippen molar-refractivity contribution in [3.05, 3.63) is 83.5 Å². The lowest BCUT2D eigenvalue weighted by molar-refractivity contribution is -0.161. The zero-order valence-corrected chi connectivity index (χ0v) is 44.5. The van der Waals surface area contributed by atoms with E-state index in [9.17, 15) is 48.6 Å². The van der Waals surface area contributed by atoms with E-state index in [0.29, 0.717) is 32.1 Å². The third kappa shape index (κ3) is 31.2. The molecule has 0 bridgehead atoms. The Morgan fingerprint density at radius 3 is 2.00 bits per heavy atom. The number of ether oxygens (including phenoxy) is 3. The van der Waals surface area contributed by atoms with Gasteiger partial charge in [-0.05, 0) is 56.9 Å². The molecule has 19 nitrogen and oxygen atoms in total. The molecule has 7 N–H and O–H groups in total. The number of rotatable bonds is 41. The van der Waals surface area contributed by atoms with Gasteiger partial charge in [0.2, 0.25) is 0 Å². The number of aromatic nitrogens is 2. The van der Waals surface area contributed by atoms with E-state index in [0.717, 1.165) is 55.2 Å². The SMILES string of the molecule is CC/C=C\C(O)C/C=C/C=C\C/C=C\C/C=C\CCCC(=O)OC[C@H](COP(=O)(O)OP(=O)(O)OC[C@H]1O[C@@H](n2ccc(N)nc2=O)[C@H](O)[C@@H]1O)OC(=O)CCCCCCCCCCCCCCCC(C)C. The van der Waals surface area contributed by atoms with Crippen LogP contribution in [-0.4, -0.2) is 96.9 Å². The molecule has 410 valence electrons. The van der Waals surface area contributed by atoms with Crippen LogP contribution in [-0.2, 0) is 46.3 Å². The molecule has 1 aliphatic heterocycles. The van der Waals surface area contributed by atoms with Crippen LogP contribution >= 0.6 is 15.6 Å². The Bertz CT molecular complexity index is 1970. The normalized spacial score (nSPS) is 20.1. The molecule has 1 saturated heterocycles. The first-order valence-corrected chi connectivity index (χ1v) is 28.8. The lowest BCUT2D eigenvalue weighted by Crippen LogP contribution is -2.36. The standard InChI is InChI=1S/C51H85N3O16P2/c1-4-5-32-42(55)33-28-24-20-16-12-9-10-13-17-21-25-29-34-46(56)65-38-43(68-47(57)35-30-26-22-18-14-8-6-7-11-15-19-23-27-31-41(2)3)39-66-71(61,62)70-72(63,64)67-40-44-48(58)49(59)50(69-44)54-37-36-45(52)53-51(54)60/h5,9-10,16-17,20-21,24,28,32,36-37,41-44,48-50,55,58-59H,4,6-8,11-15,18-19,22-23,25-27,29-31,33-35,38-40H2,1-3H3,(H,61,62)(H,63,64)(H2,52,53,60)/b10-9-,20-16-,21-17-,28-24+,32-5-/t42?,43-,44-,48-,49-,50-/m1/s1. The van der Waals surface area contributed by atoms with Gasteiger partial charge in [0.25, 0.3) is 0 Å². The van der Waals surface area contributed by atoms with Gasteiger partial charge in [-0.15, -0.1) is 0 Å². The van der Waals surface area contributed by atoms with Crippen molar-refractivity contribution < 1.29 is 71.4 Å². The maximum absolute atomic E-state index is 12.9. The Morgan fingerprint density at radius 1 is 0.778 bits per heavy atom. The molecular formula is C51H85N3O16P2. The number of aliphatic hydroxyl groups excluding tert-OH is 3. The second-order valence-electron chi connectivity index (χ2n) is 18.3. The number of phosphoric ester groups is 2. The van der Waals surface area contributed by atoms with Gasteiger partial charge in [-0.2, -0.15) is 9.29 Å². The van der Waals surface area contributed by atoms with E-state index in [1.165, 1.54) is 63.9 Å². The average Bonchev–Trinajstić information content (AvgIpc) is 3.60. The number of anilines is 1. The summed E-state index contributed by atoms with van der Waals surface area (Å²) >= 11 is 0. The fraction of sp³-hybridized carbons (Fsp3) is 0.686. The molecule has 0 aromatic carbocycles. The molecule has 2 heterocycles. The molecule has 0 spiro atoms. The molecule has 21 heteroatoms. The largest absolute Gasteiger partial charge is 0.481 e. The van der Waals surface area contributed by atoms with Crippen molar-refractivity contribution >= 4 is 33.4 Å². The number of hydrogen-bond acceptors (Lipinski definition) is 16. The van der Waals surface area contributed by atoms with Gasteiger partial charge in [0.05, 0.1) is 19.3 Å². The molecular weight excluding hydrogens is 973 g/mol. The quantitative estimate of drug-likeness (QED) is 0.0117. The highest BCUT2D eigenvalue weighted by Crippen LogP contribution is 2.60. The molecule has 0 aliphatic carbocycles. The highest BCUT2D eigenvalue weighted by molar-refractivity contribution is 7.61. The maximum atomic E-state index is 12.9. The minimum absolute atomic E-state index is 0.0292. The number of unbranched alkanes of at least 4 members (excludes halogenated alkanes) is 13. The Labute approximate surface area is 426 Å². The first-order chi connectivity index (χ1) is 34.4. The molecule has 72 heavy (non-hydrogen) atoms. The van der Waals surface area contributed by atoms with E-state index in [-0.39, 0.29) is 18.7 Å². The topological polar surface area (TPSA) is 286 Å². The number of hydrogen-bond donors (Lipinski definition) is 6. The predicted molar refractivity (Wildman–Crippen MR) is 276 cm³/mol. The summed E-state index contributed by atoms with van der Waals surface area (Å²) in [4.78, 5) is 61.9. The second-order valence-corrected chi connectivity index (χ2v) is 21.4. The van der Waals surface area contributed by atoms with E-state index in [1.807, 2.05) is 61.6 Å². The van der Waals surface area contributed by atoms with E-state index in [1.54, 1.807) is 6.08 Å². The monoisotopic (exact) mass is 1060 g/mol. The number of phosphoric acid groups is 2. The van der Waals surface area contributed by atoms with Crippen molar-refractivity contribution in [1.29, 1.82) is 0 Å². The molecule has 0 radical (unpaired) electrons. The van der Waals surface area contributed by atoms with E-state index in [4.69, 9.17) is 29.0 Å². The van der Waals surface area contributed by atoms with Crippen LogP contribution in [0.2, 0.25) is 0 Å². The molecule has 0 saturated carbocycles. The maximum Gasteiger partial charge on any atom is 0.481 e. The van der Waals surface area contributed by atoms with E-state index in [2.05, 4.69) is 23.1 Å². The van der Waals surface area contributed by atoms with Crippen LogP contribution in [0.4, 0.5) is 5.82 Å². The lowest BCUT2D eigenvalue weighted by Gasteiger charge is -2.21. The number of nitrogen functional groups attached to an aromatic ring is 1. The van der Waals surface area contributed by atoms with Gasteiger partial charge in [-0.3, -0.25) is 23.2 Å². The Morgan fingerprint density at radius 2 is 1.36 bits per heavy atom. The summed E-state index contributed by atoms with van der Waals surface area (Å²) in [5.74, 6) is -0.617. The first kappa shape index (κ1) is 64.5. The minimum atomic E-state index is -5.44. The molecule has 3 unspecified atom stereocenters. The summed E-state index contributed by atoms with van der Waals surface area (Å²) in [5.41, 5.74) is 4.58. The number of aliphatic hydroxyl groups is 3. The van der Waals surface area contributed by atoms with Crippen LogP contribution in [0.1, 0.15) is 168 Å². The summed E-state index contributed by atoms with van der Waals surface area (Å²) in [6.45, 7) is 4.17. The molecule has 1 aliphatic rings. The fourth-order valence-electron chi connectivity index (χ4n) is 7.38. The van der Waals surface area contributed by atoms with Gasteiger partial charge in [0, 0.05) is 19.0 Å².